The third-order valence-corrected chi connectivity index (χ3v) is 6.44. The zero-order valence-corrected chi connectivity index (χ0v) is 23.4. The summed E-state index contributed by atoms with van der Waals surface area (Å²) in [5, 5.41) is 9.29. The topological polar surface area (TPSA) is 127 Å². The van der Waals surface area contributed by atoms with Gasteiger partial charge in [0.05, 0.1) is 23.0 Å². The van der Waals surface area contributed by atoms with Crippen molar-refractivity contribution >= 4 is 52.2 Å². The quantitative estimate of drug-likeness (QED) is 0.171. The molecule has 1 fully saturated rings. The second-order valence-corrected chi connectivity index (χ2v) is 9.85. The predicted octanol–water partition coefficient (Wildman–Crippen LogP) is 2.99. The van der Waals surface area contributed by atoms with Gasteiger partial charge in [0.15, 0.2) is 18.1 Å². The van der Waals surface area contributed by atoms with Crippen LogP contribution in [0.15, 0.2) is 29.4 Å². The maximum atomic E-state index is 12.6. The van der Waals surface area contributed by atoms with E-state index in [2.05, 4.69) is 43.8 Å². The van der Waals surface area contributed by atoms with Crippen molar-refractivity contribution in [3.8, 4) is 11.5 Å². The summed E-state index contributed by atoms with van der Waals surface area (Å²) in [7, 11) is 1.48. The second-order valence-electron chi connectivity index (χ2n) is 8.69. The SMILES string of the molecule is COc1cc(/C=N\NC(=O)C(=O)NC[C@H]2CCCO2)cc(I)c1OCC(=O)Nc1c(C)cc(C)cc1C. The number of halogens is 1. The molecule has 1 atom stereocenters. The van der Waals surface area contributed by atoms with E-state index in [1.165, 1.54) is 13.3 Å². The van der Waals surface area contributed by atoms with E-state index in [4.69, 9.17) is 14.2 Å². The van der Waals surface area contributed by atoms with E-state index >= 15 is 0 Å². The van der Waals surface area contributed by atoms with Crippen LogP contribution in [-0.2, 0) is 19.1 Å². The fourth-order valence-electron chi connectivity index (χ4n) is 3.95. The molecule has 11 heteroatoms. The highest BCUT2D eigenvalue weighted by molar-refractivity contribution is 14.1. The molecule has 2 aromatic carbocycles. The number of amides is 3. The van der Waals surface area contributed by atoms with E-state index in [1.54, 1.807) is 12.1 Å². The fraction of sp³-hybridized carbons (Fsp3) is 0.385. The first-order valence-electron chi connectivity index (χ1n) is 11.8. The van der Waals surface area contributed by atoms with Crippen LogP contribution in [0.5, 0.6) is 11.5 Å². The molecule has 2 aromatic rings. The smallest absolute Gasteiger partial charge is 0.329 e. The van der Waals surface area contributed by atoms with Crippen molar-refractivity contribution in [1.29, 1.82) is 0 Å². The molecule has 1 saturated heterocycles. The number of carbonyl (C=O) groups excluding carboxylic acids is 3. The Morgan fingerprint density at radius 2 is 1.86 bits per heavy atom. The molecule has 1 aliphatic rings. The van der Waals surface area contributed by atoms with Crippen LogP contribution in [0.25, 0.3) is 0 Å². The lowest BCUT2D eigenvalue weighted by atomic mass is 10.1. The molecule has 3 N–H and O–H groups in total. The van der Waals surface area contributed by atoms with Crippen molar-refractivity contribution in [3.05, 3.63) is 50.1 Å². The first-order valence-corrected chi connectivity index (χ1v) is 12.9. The van der Waals surface area contributed by atoms with Gasteiger partial charge in [-0.3, -0.25) is 14.4 Å². The molecule has 10 nitrogen and oxygen atoms in total. The third-order valence-electron chi connectivity index (χ3n) is 5.64. The van der Waals surface area contributed by atoms with Crippen molar-refractivity contribution in [2.24, 2.45) is 5.10 Å². The van der Waals surface area contributed by atoms with Gasteiger partial charge in [-0.1, -0.05) is 17.7 Å². The highest BCUT2D eigenvalue weighted by atomic mass is 127. The van der Waals surface area contributed by atoms with Crippen LogP contribution < -0.4 is 25.5 Å². The highest BCUT2D eigenvalue weighted by Crippen LogP contribution is 2.33. The van der Waals surface area contributed by atoms with Crippen LogP contribution in [-0.4, -0.2) is 56.9 Å². The molecule has 3 amide bonds. The zero-order chi connectivity index (χ0) is 26.9. The summed E-state index contributed by atoms with van der Waals surface area (Å²) in [5.41, 5.74) is 6.67. The van der Waals surface area contributed by atoms with Gasteiger partial charge in [-0.25, -0.2) is 5.43 Å². The molecule has 0 aromatic heterocycles. The number of hydrogen-bond donors (Lipinski definition) is 3. The van der Waals surface area contributed by atoms with Gasteiger partial charge in [-0.05, 0) is 85.0 Å². The Bertz CT molecular complexity index is 1170. The van der Waals surface area contributed by atoms with Crippen molar-refractivity contribution in [2.75, 3.05) is 32.2 Å². The molecule has 198 valence electrons. The van der Waals surface area contributed by atoms with E-state index in [0.717, 1.165) is 35.2 Å². The number of hydrogen-bond acceptors (Lipinski definition) is 7. The number of nitrogens with one attached hydrogen (secondary N) is 3. The van der Waals surface area contributed by atoms with E-state index in [1.807, 2.05) is 32.9 Å². The van der Waals surface area contributed by atoms with Crippen LogP contribution in [0.3, 0.4) is 0 Å². The van der Waals surface area contributed by atoms with Crippen LogP contribution >= 0.6 is 22.6 Å². The van der Waals surface area contributed by atoms with Crippen LogP contribution in [0.1, 0.15) is 35.1 Å². The minimum absolute atomic E-state index is 0.0579. The van der Waals surface area contributed by atoms with Gasteiger partial charge >= 0.3 is 11.8 Å². The van der Waals surface area contributed by atoms with Gasteiger partial charge in [0.1, 0.15) is 0 Å². The van der Waals surface area contributed by atoms with Gasteiger partial charge in [-0.15, -0.1) is 0 Å². The van der Waals surface area contributed by atoms with Crippen molar-refractivity contribution < 1.29 is 28.6 Å². The number of aryl methyl sites for hydroxylation is 3. The molecule has 3 rings (SSSR count). The lowest BCUT2D eigenvalue weighted by Gasteiger charge is -2.15. The number of nitrogens with zero attached hydrogens (tertiary/aromatic N) is 1. The molecule has 0 radical (unpaired) electrons. The van der Waals surface area contributed by atoms with Crippen molar-refractivity contribution in [3.63, 3.8) is 0 Å². The predicted molar refractivity (Wildman–Crippen MR) is 148 cm³/mol. The third kappa shape index (κ3) is 8.15. The molecule has 1 aliphatic heterocycles. The molecule has 37 heavy (non-hydrogen) atoms. The van der Waals surface area contributed by atoms with Gasteiger partial charge in [0, 0.05) is 18.8 Å². The second kappa shape index (κ2) is 13.4. The number of methoxy groups -OCH3 is 1. The number of anilines is 1. The van der Waals surface area contributed by atoms with Gasteiger partial charge in [-0.2, -0.15) is 5.10 Å². The normalized spacial score (nSPS) is 14.9. The number of hydrazone groups is 1. The molecule has 0 aliphatic carbocycles. The number of ether oxygens (including phenoxy) is 3. The largest absolute Gasteiger partial charge is 0.493 e. The summed E-state index contributed by atoms with van der Waals surface area (Å²) >= 11 is 2.06. The number of benzene rings is 2. The summed E-state index contributed by atoms with van der Waals surface area (Å²) in [5.74, 6) is -1.15. The monoisotopic (exact) mass is 622 g/mol. The first-order chi connectivity index (χ1) is 17.7. The Labute approximate surface area is 229 Å². The number of rotatable bonds is 9. The molecule has 0 unspecified atom stereocenters. The fourth-order valence-corrected chi connectivity index (χ4v) is 4.73. The molecular weight excluding hydrogens is 591 g/mol. The maximum absolute atomic E-state index is 12.6. The minimum Gasteiger partial charge on any atom is -0.493 e. The van der Waals surface area contributed by atoms with Gasteiger partial charge in [0.2, 0.25) is 0 Å². The van der Waals surface area contributed by atoms with E-state index in [-0.39, 0.29) is 25.2 Å². The van der Waals surface area contributed by atoms with E-state index in [9.17, 15) is 14.4 Å². The van der Waals surface area contributed by atoms with Crippen molar-refractivity contribution in [1.82, 2.24) is 10.7 Å². The van der Waals surface area contributed by atoms with Crippen LogP contribution in [0.2, 0.25) is 0 Å². The molecule has 0 spiro atoms. The maximum Gasteiger partial charge on any atom is 0.329 e. The summed E-state index contributed by atoms with van der Waals surface area (Å²) in [4.78, 5) is 36.4. The first kappa shape index (κ1) is 28.4. The van der Waals surface area contributed by atoms with E-state index in [0.29, 0.717) is 27.2 Å². The lowest BCUT2D eigenvalue weighted by molar-refractivity contribution is -0.139. The summed E-state index contributed by atoms with van der Waals surface area (Å²) in [6, 6.07) is 7.42. The Morgan fingerprint density at radius 3 is 2.51 bits per heavy atom. The molecule has 1 heterocycles. The van der Waals surface area contributed by atoms with Crippen molar-refractivity contribution in [2.45, 2.75) is 39.7 Å². The molecule has 0 saturated carbocycles. The summed E-state index contributed by atoms with van der Waals surface area (Å²) in [6.07, 6.45) is 3.13. The van der Waals surface area contributed by atoms with E-state index < -0.39 is 11.8 Å². The summed E-state index contributed by atoms with van der Waals surface area (Å²) in [6.45, 7) is 6.66. The van der Waals surface area contributed by atoms with Gasteiger partial charge < -0.3 is 24.8 Å². The van der Waals surface area contributed by atoms with Gasteiger partial charge in [0.25, 0.3) is 5.91 Å². The Balaban J connectivity index is 1.56. The lowest BCUT2D eigenvalue weighted by Crippen LogP contribution is -2.41. The highest BCUT2D eigenvalue weighted by Gasteiger charge is 2.19. The van der Waals surface area contributed by atoms with Crippen LogP contribution in [0.4, 0.5) is 5.69 Å². The Kier molecular flexibility index (Phi) is 10.3. The Hall–Kier alpha value is -3.19. The van der Waals surface area contributed by atoms with Crippen LogP contribution in [0, 0.1) is 24.3 Å². The standard InChI is InChI=1S/C26H31IN4O6/c1-15-8-16(2)23(17(3)9-15)30-22(32)14-37-24-20(27)10-18(11-21(24)35-4)12-29-31-26(34)25(33)28-13-19-6-5-7-36-19/h8-12,19H,5-7,13-14H2,1-4H3,(H,28,33)(H,30,32)(H,31,34)/b29-12-/t19-/m1/s1. The summed E-state index contributed by atoms with van der Waals surface area (Å²) < 4.78 is 17.3. The number of carbonyl (C=O) groups is 3. The average molecular weight is 622 g/mol. The average Bonchev–Trinajstić information content (AvgIpc) is 3.37. The zero-order valence-electron chi connectivity index (χ0n) is 21.3. The molecule has 0 bridgehead atoms. The molecular formula is C26H31IN4O6. The minimum atomic E-state index is -0.874. The Morgan fingerprint density at radius 1 is 1.14 bits per heavy atom.